The number of nitrogens with two attached hydrogens (primary N) is 1. The third-order valence-corrected chi connectivity index (χ3v) is 7.56. The lowest BCUT2D eigenvalue weighted by atomic mass is 9.98. The number of hydrogen-bond donors (Lipinski definition) is 2. The molecule has 9 heteroatoms. The first kappa shape index (κ1) is 24.7. The van der Waals surface area contributed by atoms with Crippen LogP contribution in [0.15, 0.2) is 59.6 Å². The Morgan fingerprint density at radius 2 is 1.71 bits per heavy atom. The van der Waals surface area contributed by atoms with Crippen LogP contribution in [0.3, 0.4) is 0 Å². The quantitative estimate of drug-likeness (QED) is 0.528. The standard InChI is InChI=1S/C26H31N5O3S/c1-17(2)19-7-9-20(10-8-19)22-12-11-21(25(28-22)31-15-13-18(3)14-16-31)26(32)30-35(33,34)24-6-4-5-23(27)29-24/h4-12,17-18H,13-16H2,1-3H3,(H2,27,29)(H,30,32). The van der Waals surface area contributed by atoms with Gasteiger partial charge in [0.1, 0.15) is 11.6 Å². The fourth-order valence-corrected chi connectivity index (χ4v) is 5.04. The molecule has 1 amide bonds. The monoisotopic (exact) mass is 493 g/mol. The van der Waals surface area contributed by atoms with E-state index in [1.165, 1.54) is 23.8 Å². The minimum atomic E-state index is -4.20. The van der Waals surface area contributed by atoms with Gasteiger partial charge in [-0.2, -0.15) is 8.42 Å². The maximum absolute atomic E-state index is 13.2. The van der Waals surface area contributed by atoms with Gasteiger partial charge < -0.3 is 10.6 Å². The first-order valence-corrected chi connectivity index (χ1v) is 13.3. The van der Waals surface area contributed by atoms with Crippen molar-refractivity contribution in [3.63, 3.8) is 0 Å². The van der Waals surface area contributed by atoms with Crippen LogP contribution < -0.4 is 15.4 Å². The molecule has 3 aromatic rings. The van der Waals surface area contributed by atoms with Gasteiger partial charge in [-0.1, -0.05) is 51.1 Å². The third-order valence-electron chi connectivity index (χ3n) is 6.32. The lowest BCUT2D eigenvalue weighted by Gasteiger charge is -2.32. The van der Waals surface area contributed by atoms with E-state index in [1.807, 2.05) is 12.1 Å². The topological polar surface area (TPSA) is 118 Å². The maximum Gasteiger partial charge on any atom is 0.281 e. The Morgan fingerprint density at radius 3 is 2.34 bits per heavy atom. The molecule has 0 atom stereocenters. The van der Waals surface area contributed by atoms with Crippen molar-refractivity contribution in [1.82, 2.24) is 14.7 Å². The number of piperidine rings is 1. The van der Waals surface area contributed by atoms with Crippen LogP contribution in [-0.2, 0) is 10.0 Å². The molecule has 3 N–H and O–H groups in total. The van der Waals surface area contributed by atoms with Gasteiger partial charge in [0.15, 0.2) is 5.03 Å². The molecule has 4 rings (SSSR count). The van der Waals surface area contributed by atoms with Gasteiger partial charge in [0.05, 0.1) is 11.3 Å². The van der Waals surface area contributed by atoms with Gasteiger partial charge in [-0.3, -0.25) is 4.79 Å². The lowest BCUT2D eigenvalue weighted by molar-refractivity contribution is 0.0981. The molecule has 35 heavy (non-hydrogen) atoms. The largest absolute Gasteiger partial charge is 0.384 e. The molecule has 1 saturated heterocycles. The van der Waals surface area contributed by atoms with Gasteiger partial charge in [0.2, 0.25) is 0 Å². The van der Waals surface area contributed by atoms with Crippen LogP contribution in [0, 0.1) is 5.92 Å². The van der Waals surface area contributed by atoms with Gasteiger partial charge in [-0.25, -0.2) is 14.7 Å². The number of pyridine rings is 2. The highest BCUT2D eigenvalue weighted by atomic mass is 32.2. The highest BCUT2D eigenvalue weighted by Crippen LogP contribution is 2.29. The van der Waals surface area contributed by atoms with E-state index in [-0.39, 0.29) is 16.4 Å². The molecule has 0 spiro atoms. The van der Waals surface area contributed by atoms with Crippen molar-refractivity contribution in [2.24, 2.45) is 5.92 Å². The van der Waals surface area contributed by atoms with Crippen LogP contribution in [0.25, 0.3) is 11.3 Å². The third kappa shape index (κ3) is 5.62. The molecule has 2 aromatic heterocycles. The number of amides is 1. The van der Waals surface area contributed by atoms with Crippen molar-refractivity contribution in [3.8, 4) is 11.3 Å². The normalized spacial score (nSPS) is 14.8. The molecule has 0 saturated carbocycles. The average Bonchev–Trinajstić information content (AvgIpc) is 2.84. The summed E-state index contributed by atoms with van der Waals surface area (Å²) in [5.41, 5.74) is 8.72. The highest BCUT2D eigenvalue weighted by molar-refractivity contribution is 7.90. The fourth-order valence-electron chi connectivity index (χ4n) is 4.10. The zero-order chi connectivity index (χ0) is 25.2. The number of benzene rings is 1. The van der Waals surface area contributed by atoms with Gasteiger partial charge in [0, 0.05) is 18.7 Å². The van der Waals surface area contributed by atoms with Gasteiger partial charge in [-0.05, 0) is 54.5 Å². The molecule has 0 unspecified atom stereocenters. The SMILES string of the molecule is CC1CCN(c2nc(-c3ccc(C(C)C)cc3)ccc2C(=O)NS(=O)(=O)c2cccc(N)n2)CC1. The van der Waals surface area contributed by atoms with E-state index in [0.29, 0.717) is 17.7 Å². The number of nitrogen functional groups attached to an aromatic ring is 1. The Kier molecular flexibility index (Phi) is 7.07. The number of anilines is 2. The second-order valence-electron chi connectivity index (χ2n) is 9.35. The first-order chi connectivity index (χ1) is 16.6. The summed E-state index contributed by atoms with van der Waals surface area (Å²) in [6.07, 6.45) is 1.95. The molecule has 1 fully saturated rings. The molecule has 1 aliphatic heterocycles. The van der Waals surface area contributed by atoms with Crippen molar-refractivity contribution in [2.45, 2.75) is 44.6 Å². The summed E-state index contributed by atoms with van der Waals surface area (Å²) >= 11 is 0. The Bertz CT molecular complexity index is 1320. The van der Waals surface area contributed by atoms with Crippen molar-refractivity contribution < 1.29 is 13.2 Å². The van der Waals surface area contributed by atoms with Crippen molar-refractivity contribution in [2.75, 3.05) is 23.7 Å². The Morgan fingerprint density at radius 1 is 1.03 bits per heavy atom. The van der Waals surface area contributed by atoms with Crippen LogP contribution in [0.5, 0.6) is 0 Å². The van der Waals surface area contributed by atoms with E-state index < -0.39 is 15.9 Å². The van der Waals surface area contributed by atoms with E-state index in [1.54, 1.807) is 12.1 Å². The second-order valence-corrected chi connectivity index (χ2v) is 11.0. The molecular formula is C26H31N5O3S. The highest BCUT2D eigenvalue weighted by Gasteiger charge is 2.27. The summed E-state index contributed by atoms with van der Waals surface area (Å²) in [6, 6.07) is 15.8. The van der Waals surface area contributed by atoms with Gasteiger partial charge in [0.25, 0.3) is 15.9 Å². The van der Waals surface area contributed by atoms with E-state index in [9.17, 15) is 13.2 Å². The van der Waals surface area contributed by atoms with Crippen LogP contribution in [0.2, 0.25) is 0 Å². The summed E-state index contributed by atoms with van der Waals surface area (Å²) in [4.78, 5) is 23.9. The van der Waals surface area contributed by atoms with Crippen LogP contribution >= 0.6 is 0 Å². The minimum Gasteiger partial charge on any atom is -0.384 e. The summed E-state index contributed by atoms with van der Waals surface area (Å²) in [5, 5.41) is -0.311. The number of sulfonamides is 1. The number of nitrogens with zero attached hydrogens (tertiary/aromatic N) is 3. The van der Waals surface area contributed by atoms with Crippen LogP contribution in [0.4, 0.5) is 11.6 Å². The molecule has 184 valence electrons. The molecule has 1 aliphatic rings. The summed E-state index contributed by atoms with van der Waals surface area (Å²) < 4.78 is 27.7. The van der Waals surface area contributed by atoms with Gasteiger partial charge >= 0.3 is 0 Å². The second kappa shape index (κ2) is 10.0. The van der Waals surface area contributed by atoms with Crippen molar-refractivity contribution in [1.29, 1.82) is 0 Å². The van der Waals surface area contributed by atoms with E-state index in [0.717, 1.165) is 37.2 Å². The fraction of sp³-hybridized carbons (Fsp3) is 0.346. The molecule has 3 heterocycles. The molecular weight excluding hydrogens is 462 g/mol. The summed E-state index contributed by atoms with van der Waals surface area (Å²) in [7, 11) is -4.20. The predicted molar refractivity (Wildman–Crippen MR) is 138 cm³/mol. The van der Waals surface area contributed by atoms with E-state index >= 15 is 0 Å². The number of carbonyl (C=O) groups excluding carboxylic acids is 1. The molecule has 0 radical (unpaired) electrons. The number of carbonyl (C=O) groups is 1. The van der Waals surface area contributed by atoms with E-state index in [2.05, 4.69) is 47.5 Å². The maximum atomic E-state index is 13.2. The number of rotatable bonds is 6. The first-order valence-electron chi connectivity index (χ1n) is 11.8. The van der Waals surface area contributed by atoms with Crippen molar-refractivity contribution in [3.05, 3.63) is 65.7 Å². The van der Waals surface area contributed by atoms with Crippen molar-refractivity contribution >= 4 is 27.6 Å². The molecule has 1 aromatic carbocycles. The Labute approximate surface area is 206 Å². The summed E-state index contributed by atoms with van der Waals surface area (Å²) in [6.45, 7) is 7.98. The number of aromatic nitrogens is 2. The Balaban J connectivity index is 1.69. The number of hydrogen-bond acceptors (Lipinski definition) is 7. The molecule has 0 aliphatic carbocycles. The average molecular weight is 494 g/mol. The predicted octanol–water partition coefficient (Wildman–Crippen LogP) is 4.20. The lowest BCUT2D eigenvalue weighted by Crippen LogP contribution is -2.37. The minimum absolute atomic E-state index is 0.0537. The Hall–Kier alpha value is -3.46. The van der Waals surface area contributed by atoms with Crippen LogP contribution in [0.1, 0.15) is 55.5 Å². The molecule has 8 nitrogen and oxygen atoms in total. The summed E-state index contributed by atoms with van der Waals surface area (Å²) in [5.74, 6) is 0.793. The van der Waals surface area contributed by atoms with Crippen LogP contribution in [-0.4, -0.2) is 37.4 Å². The molecule has 0 bridgehead atoms. The zero-order valence-corrected chi connectivity index (χ0v) is 21.0. The zero-order valence-electron chi connectivity index (χ0n) is 20.2. The van der Waals surface area contributed by atoms with E-state index in [4.69, 9.17) is 10.7 Å². The smallest absolute Gasteiger partial charge is 0.281 e. The number of nitrogens with one attached hydrogen (secondary N) is 1. The van der Waals surface area contributed by atoms with Gasteiger partial charge in [-0.15, -0.1) is 0 Å².